The fourth-order valence-corrected chi connectivity index (χ4v) is 2.35. The van der Waals surface area contributed by atoms with E-state index in [0.717, 1.165) is 32.6 Å². The van der Waals surface area contributed by atoms with E-state index in [0.29, 0.717) is 0 Å². The van der Waals surface area contributed by atoms with E-state index in [4.69, 9.17) is 9.47 Å². The van der Waals surface area contributed by atoms with Crippen LogP contribution in [0.25, 0.3) is 0 Å². The molecular weight excluding hydrogens is 190 g/mol. The van der Waals surface area contributed by atoms with Gasteiger partial charge in [0.1, 0.15) is 0 Å². The molecule has 0 radical (unpaired) electrons. The molecule has 0 saturated carbocycles. The third-order valence-corrected chi connectivity index (χ3v) is 3.28. The second-order valence-corrected chi connectivity index (χ2v) is 4.57. The molecule has 0 aromatic heterocycles. The van der Waals surface area contributed by atoms with Crippen LogP contribution in [0.1, 0.15) is 38.5 Å². The summed E-state index contributed by atoms with van der Waals surface area (Å²) < 4.78 is 11.1. The summed E-state index contributed by atoms with van der Waals surface area (Å²) in [5, 5.41) is 0. The largest absolute Gasteiger partial charge is 0.353 e. The molecule has 2 aliphatic rings. The normalized spacial score (nSPS) is 26.4. The van der Waals surface area contributed by atoms with E-state index in [2.05, 4.69) is 4.90 Å². The Morgan fingerprint density at radius 3 is 2.20 bits per heavy atom. The number of rotatable bonds is 3. The van der Waals surface area contributed by atoms with Gasteiger partial charge in [-0.25, -0.2) is 0 Å². The minimum atomic E-state index is 0.0713. The predicted octanol–water partition coefficient (Wildman–Crippen LogP) is 2.02. The average molecular weight is 213 g/mol. The molecule has 2 heterocycles. The highest BCUT2D eigenvalue weighted by Gasteiger charge is 2.16. The molecule has 2 saturated heterocycles. The van der Waals surface area contributed by atoms with Crippen molar-refractivity contribution in [3.63, 3.8) is 0 Å². The van der Waals surface area contributed by atoms with Gasteiger partial charge in [0, 0.05) is 13.0 Å². The molecule has 88 valence electrons. The molecule has 3 heteroatoms. The Kier molecular flexibility index (Phi) is 4.90. The molecule has 0 bridgehead atoms. The van der Waals surface area contributed by atoms with E-state index in [1.807, 2.05) is 0 Å². The fraction of sp³-hybridized carbons (Fsp3) is 1.00. The molecule has 0 aromatic rings. The molecule has 0 N–H and O–H groups in total. The summed E-state index contributed by atoms with van der Waals surface area (Å²) in [6, 6.07) is 0. The van der Waals surface area contributed by atoms with Gasteiger partial charge in [-0.2, -0.15) is 0 Å². The Morgan fingerprint density at radius 1 is 0.867 bits per heavy atom. The molecule has 0 aliphatic carbocycles. The second-order valence-electron chi connectivity index (χ2n) is 4.57. The number of hydrogen-bond donors (Lipinski definition) is 0. The van der Waals surface area contributed by atoms with Crippen LogP contribution in [0.5, 0.6) is 0 Å². The summed E-state index contributed by atoms with van der Waals surface area (Å²) in [5.74, 6) is 0. The lowest BCUT2D eigenvalue weighted by Crippen LogP contribution is -2.32. The Balaban J connectivity index is 1.62. The van der Waals surface area contributed by atoms with Crippen molar-refractivity contribution in [1.29, 1.82) is 0 Å². The van der Waals surface area contributed by atoms with Gasteiger partial charge in [-0.3, -0.25) is 0 Å². The Bertz CT molecular complexity index is 161. The van der Waals surface area contributed by atoms with E-state index >= 15 is 0 Å². The summed E-state index contributed by atoms with van der Waals surface area (Å²) in [4.78, 5) is 2.56. The van der Waals surface area contributed by atoms with Gasteiger partial charge in [0.15, 0.2) is 6.29 Å². The first-order valence-electron chi connectivity index (χ1n) is 6.41. The molecule has 0 spiro atoms. The van der Waals surface area contributed by atoms with Crippen LogP contribution in [0, 0.1) is 0 Å². The fourth-order valence-electron chi connectivity index (χ4n) is 2.35. The van der Waals surface area contributed by atoms with Crippen LogP contribution in [0.3, 0.4) is 0 Å². The third-order valence-electron chi connectivity index (χ3n) is 3.28. The summed E-state index contributed by atoms with van der Waals surface area (Å²) >= 11 is 0. The molecule has 3 nitrogen and oxygen atoms in total. The van der Waals surface area contributed by atoms with Crippen LogP contribution >= 0.6 is 0 Å². The molecule has 15 heavy (non-hydrogen) atoms. The molecule has 2 aliphatic heterocycles. The summed E-state index contributed by atoms with van der Waals surface area (Å²) in [7, 11) is 0. The van der Waals surface area contributed by atoms with E-state index in [1.54, 1.807) is 0 Å². The third kappa shape index (κ3) is 4.09. The van der Waals surface area contributed by atoms with Gasteiger partial charge in [-0.05, 0) is 32.4 Å². The zero-order chi connectivity index (χ0) is 10.3. The summed E-state index contributed by atoms with van der Waals surface area (Å²) in [6.45, 7) is 5.44. The van der Waals surface area contributed by atoms with Gasteiger partial charge in [0.25, 0.3) is 0 Å². The first-order chi connectivity index (χ1) is 7.45. The van der Waals surface area contributed by atoms with Crippen molar-refractivity contribution in [3.05, 3.63) is 0 Å². The maximum absolute atomic E-state index is 5.55. The standard InChI is InChI=1S/C12H23NO2/c1-2-4-8-13(7-3-1)9-6-12-14-10-5-11-15-12/h12H,1-11H2. The van der Waals surface area contributed by atoms with Crippen LogP contribution in [0.4, 0.5) is 0 Å². The molecule has 0 amide bonds. The Morgan fingerprint density at radius 2 is 1.53 bits per heavy atom. The SMILES string of the molecule is C1CCCN(CCC2OCCCO2)CC1. The van der Waals surface area contributed by atoms with Crippen molar-refractivity contribution in [2.45, 2.75) is 44.8 Å². The van der Waals surface area contributed by atoms with Crippen molar-refractivity contribution in [1.82, 2.24) is 4.90 Å². The minimum Gasteiger partial charge on any atom is -0.353 e. The van der Waals surface area contributed by atoms with Crippen LogP contribution < -0.4 is 0 Å². The summed E-state index contributed by atoms with van der Waals surface area (Å²) in [6.07, 6.45) is 7.72. The van der Waals surface area contributed by atoms with Gasteiger partial charge in [-0.1, -0.05) is 12.8 Å². The van der Waals surface area contributed by atoms with Crippen molar-refractivity contribution in [2.75, 3.05) is 32.8 Å². The number of likely N-dealkylation sites (tertiary alicyclic amines) is 1. The average Bonchev–Trinajstić information content (AvgIpc) is 2.56. The van der Waals surface area contributed by atoms with Gasteiger partial charge < -0.3 is 14.4 Å². The Hall–Kier alpha value is -0.120. The van der Waals surface area contributed by atoms with E-state index in [1.165, 1.54) is 38.8 Å². The lowest BCUT2D eigenvalue weighted by Gasteiger charge is -2.26. The zero-order valence-electron chi connectivity index (χ0n) is 9.62. The molecular formula is C12H23NO2. The predicted molar refractivity (Wildman–Crippen MR) is 59.8 cm³/mol. The van der Waals surface area contributed by atoms with Crippen LogP contribution in [-0.4, -0.2) is 44.0 Å². The van der Waals surface area contributed by atoms with E-state index in [9.17, 15) is 0 Å². The molecule has 0 aromatic carbocycles. The molecule has 0 unspecified atom stereocenters. The van der Waals surface area contributed by atoms with Gasteiger partial charge in [-0.15, -0.1) is 0 Å². The van der Waals surface area contributed by atoms with Crippen LogP contribution in [-0.2, 0) is 9.47 Å². The van der Waals surface area contributed by atoms with Crippen molar-refractivity contribution in [2.24, 2.45) is 0 Å². The number of hydrogen-bond acceptors (Lipinski definition) is 3. The highest BCUT2D eigenvalue weighted by molar-refractivity contribution is 4.64. The first kappa shape index (κ1) is 11.4. The summed E-state index contributed by atoms with van der Waals surface area (Å²) in [5.41, 5.74) is 0. The van der Waals surface area contributed by atoms with Crippen molar-refractivity contribution >= 4 is 0 Å². The topological polar surface area (TPSA) is 21.7 Å². The molecule has 2 rings (SSSR count). The monoisotopic (exact) mass is 213 g/mol. The Labute approximate surface area is 92.7 Å². The van der Waals surface area contributed by atoms with E-state index < -0.39 is 0 Å². The lowest BCUT2D eigenvalue weighted by atomic mass is 10.2. The lowest BCUT2D eigenvalue weighted by molar-refractivity contribution is -0.182. The quantitative estimate of drug-likeness (QED) is 0.716. The smallest absolute Gasteiger partial charge is 0.158 e. The molecule has 0 atom stereocenters. The first-order valence-corrected chi connectivity index (χ1v) is 6.41. The number of ether oxygens (including phenoxy) is 2. The maximum Gasteiger partial charge on any atom is 0.158 e. The maximum atomic E-state index is 5.55. The highest BCUT2D eigenvalue weighted by Crippen LogP contribution is 2.13. The highest BCUT2D eigenvalue weighted by atomic mass is 16.7. The van der Waals surface area contributed by atoms with E-state index in [-0.39, 0.29) is 6.29 Å². The minimum absolute atomic E-state index is 0.0713. The second kappa shape index (κ2) is 6.46. The zero-order valence-corrected chi connectivity index (χ0v) is 9.62. The van der Waals surface area contributed by atoms with Gasteiger partial charge >= 0.3 is 0 Å². The van der Waals surface area contributed by atoms with Crippen LogP contribution in [0.2, 0.25) is 0 Å². The van der Waals surface area contributed by atoms with Crippen LogP contribution in [0.15, 0.2) is 0 Å². The van der Waals surface area contributed by atoms with Crippen molar-refractivity contribution < 1.29 is 9.47 Å². The van der Waals surface area contributed by atoms with Gasteiger partial charge in [0.2, 0.25) is 0 Å². The number of nitrogens with zero attached hydrogens (tertiary/aromatic N) is 1. The molecule has 2 fully saturated rings. The van der Waals surface area contributed by atoms with Crippen molar-refractivity contribution in [3.8, 4) is 0 Å². The van der Waals surface area contributed by atoms with Gasteiger partial charge in [0.05, 0.1) is 13.2 Å².